The van der Waals surface area contributed by atoms with Gasteiger partial charge in [0.25, 0.3) is 5.91 Å². The summed E-state index contributed by atoms with van der Waals surface area (Å²) in [6, 6.07) is 8.18. The molecule has 0 atom stereocenters. The molecule has 6 nitrogen and oxygen atoms in total. The summed E-state index contributed by atoms with van der Waals surface area (Å²) < 4.78 is 5.48. The normalized spacial score (nSPS) is 15.0. The Morgan fingerprint density at radius 2 is 1.93 bits per heavy atom. The van der Waals surface area contributed by atoms with Gasteiger partial charge in [0, 0.05) is 32.7 Å². The van der Waals surface area contributed by atoms with E-state index in [-0.39, 0.29) is 11.6 Å². The molecule has 144 valence electrons. The van der Waals surface area contributed by atoms with Crippen LogP contribution in [0.1, 0.15) is 23.0 Å². The lowest BCUT2D eigenvalue weighted by Crippen LogP contribution is -2.48. The monoisotopic (exact) mass is 406 g/mol. The van der Waals surface area contributed by atoms with Crippen molar-refractivity contribution in [3.63, 3.8) is 0 Å². The van der Waals surface area contributed by atoms with Crippen molar-refractivity contribution < 1.29 is 9.53 Å². The van der Waals surface area contributed by atoms with E-state index in [4.69, 9.17) is 16.3 Å². The molecule has 0 radical (unpaired) electrons. The molecule has 27 heavy (non-hydrogen) atoms. The van der Waals surface area contributed by atoms with Crippen molar-refractivity contribution >= 4 is 29.3 Å². The number of carbonyl (C=O) groups is 1. The fourth-order valence-electron chi connectivity index (χ4n) is 2.97. The van der Waals surface area contributed by atoms with Gasteiger partial charge in [-0.1, -0.05) is 35.5 Å². The van der Waals surface area contributed by atoms with Crippen molar-refractivity contribution in [1.29, 1.82) is 0 Å². The molecule has 1 aliphatic heterocycles. The topological polar surface area (TPSA) is 58.6 Å². The van der Waals surface area contributed by atoms with Crippen molar-refractivity contribution in [3.05, 3.63) is 46.7 Å². The molecule has 1 amide bonds. The molecule has 1 fully saturated rings. The first-order valence-corrected chi connectivity index (χ1v) is 10.5. The third kappa shape index (κ3) is 5.12. The van der Waals surface area contributed by atoms with Gasteiger partial charge in [-0.25, -0.2) is 9.97 Å². The van der Waals surface area contributed by atoms with Crippen LogP contribution in [0.3, 0.4) is 0 Å². The molecule has 2 heterocycles. The molecule has 0 N–H and O–H groups in total. The lowest BCUT2D eigenvalue weighted by Gasteiger charge is -2.34. The predicted molar refractivity (Wildman–Crippen MR) is 108 cm³/mol. The van der Waals surface area contributed by atoms with E-state index >= 15 is 0 Å². The van der Waals surface area contributed by atoms with Crippen LogP contribution in [-0.2, 0) is 6.54 Å². The first-order chi connectivity index (χ1) is 13.1. The number of rotatable bonds is 6. The van der Waals surface area contributed by atoms with Gasteiger partial charge in [-0.05, 0) is 30.9 Å². The van der Waals surface area contributed by atoms with Crippen LogP contribution in [0.15, 0.2) is 35.6 Å². The molecule has 0 unspecified atom stereocenters. The summed E-state index contributed by atoms with van der Waals surface area (Å²) >= 11 is 7.53. The van der Waals surface area contributed by atoms with Gasteiger partial charge in [0.2, 0.25) is 0 Å². The van der Waals surface area contributed by atoms with Gasteiger partial charge in [-0.2, -0.15) is 0 Å². The van der Waals surface area contributed by atoms with Gasteiger partial charge < -0.3 is 9.64 Å². The molecule has 1 aromatic carbocycles. The Labute approximate surface area is 168 Å². The van der Waals surface area contributed by atoms with Gasteiger partial charge in [0.05, 0.1) is 17.8 Å². The van der Waals surface area contributed by atoms with Crippen LogP contribution in [-0.4, -0.2) is 64.7 Å². The van der Waals surface area contributed by atoms with E-state index < -0.39 is 0 Å². The third-order valence-corrected chi connectivity index (χ3v) is 5.25. The summed E-state index contributed by atoms with van der Waals surface area (Å²) in [4.78, 5) is 25.3. The molecular formula is C19H23ClN4O2S. The Hall–Kier alpha value is -1.83. The maximum Gasteiger partial charge on any atom is 0.274 e. The number of halogens is 1. The standard InChI is InChI=1S/C19H23ClN4O2S/c1-3-26-15-6-4-14(5-7-15)13-23-8-10-24(11-9-23)18(25)17-16(20)12-21-19(22-17)27-2/h4-7,12H,3,8-11,13H2,1-2H3. The lowest BCUT2D eigenvalue weighted by atomic mass is 10.2. The Morgan fingerprint density at radius 1 is 1.22 bits per heavy atom. The molecule has 0 bridgehead atoms. The summed E-state index contributed by atoms with van der Waals surface area (Å²) in [5, 5.41) is 0.853. The molecule has 1 aromatic heterocycles. The largest absolute Gasteiger partial charge is 0.494 e. The number of piperazine rings is 1. The minimum atomic E-state index is -0.126. The van der Waals surface area contributed by atoms with E-state index in [0.717, 1.165) is 25.4 Å². The first-order valence-electron chi connectivity index (χ1n) is 8.90. The number of ether oxygens (including phenoxy) is 1. The zero-order valence-electron chi connectivity index (χ0n) is 15.5. The van der Waals surface area contributed by atoms with Crippen LogP contribution >= 0.6 is 23.4 Å². The highest BCUT2D eigenvalue weighted by atomic mass is 35.5. The van der Waals surface area contributed by atoms with Crippen molar-refractivity contribution in [1.82, 2.24) is 19.8 Å². The van der Waals surface area contributed by atoms with Gasteiger partial charge >= 0.3 is 0 Å². The van der Waals surface area contributed by atoms with Crippen LogP contribution in [0.25, 0.3) is 0 Å². The van der Waals surface area contributed by atoms with E-state index in [1.54, 1.807) is 0 Å². The average Bonchev–Trinajstić information content (AvgIpc) is 2.70. The van der Waals surface area contributed by atoms with Crippen LogP contribution in [0.4, 0.5) is 0 Å². The second kappa shape index (κ2) is 9.39. The highest BCUT2D eigenvalue weighted by Crippen LogP contribution is 2.20. The van der Waals surface area contributed by atoms with Gasteiger partial charge in [-0.15, -0.1) is 0 Å². The van der Waals surface area contributed by atoms with Gasteiger partial charge in [0.15, 0.2) is 10.9 Å². The molecule has 0 aliphatic carbocycles. The zero-order valence-corrected chi connectivity index (χ0v) is 17.1. The second-order valence-corrected chi connectivity index (χ2v) is 7.38. The molecule has 2 aromatic rings. The van der Waals surface area contributed by atoms with Gasteiger partial charge in [-0.3, -0.25) is 9.69 Å². The Morgan fingerprint density at radius 3 is 2.56 bits per heavy atom. The van der Waals surface area contributed by atoms with Crippen molar-refractivity contribution in [3.8, 4) is 5.75 Å². The summed E-state index contributed by atoms with van der Waals surface area (Å²) in [6.45, 7) is 6.46. The van der Waals surface area contributed by atoms with Crippen LogP contribution in [0.2, 0.25) is 5.02 Å². The highest BCUT2D eigenvalue weighted by Gasteiger charge is 2.25. The van der Waals surface area contributed by atoms with Crippen molar-refractivity contribution in [2.24, 2.45) is 0 Å². The quantitative estimate of drug-likeness (QED) is 0.542. The molecular weight excluding hydrogens is 384 g/mol. The smallest absolute Gasteiger partial charge is 0.274 e. The summed E-state index contributed by atoms with van der Waals surface area (Å²) in [6.07, 6.45) is 3.37. The number of carbonyl (C=O) groups excluding carboxylic acids is 1. The first kappa shape index (κ1) is 19.9. The number of amides is 1. The molecule has 3 rings (SSSR count). The third-order valence-electron chi connectivity index (χ3n) is 4.41. The minimum Gasteiger partial charge on any atom is -0.494 e. The van der Waals surface area contributed by atoms with E-state index in [9.17, 15) is 4.79 Å². The van der Waals surface area contributed by atoms with E-state index in [1.807, 2.05) is 30.2 Å². The van der Waals surface area contributed by atoms with Crippen molar-refractivity contribution in [2.75, 3.05) is 39.0 Å². The van der Waals surface area contributed by atoms with Gasteiger partial charge in [0.1, 0.15) is 5.75 Å². The number of aromatic nitrogens is 2. The average molecular weight is 407 g/mol. The second-order valence-electron chi connectivity index (χ2n) is 6.20. The Bertz CT molecular complexity index is 780. The van der Waals surface area contributed by atoms with Crippen LogP contribution in [0.5, 0.6) is 5.75 Å². The summed E-state index contributed by atoms with van der Waals surface area (Å²) in [7, 11) is 0. The minimum absolute atomic E-state index is 0.126. The summed E-state index contributed by atoms with van der Waals surface area (Å²) in [5.41, 5.74) is 1.53. The number of nitrogens with zero attached hydrogens (tertiary/aromatic N) is 4. The fourth-order valence-corrected chi connectivity index (χ4v) is 3.49. The Balaban J connectivity index is 1.56. The number of hydrogen-bond donors (Lipinski definition) is 0. The van der Waals surface area contributed by atoms with Crippen molar-refractivity contribution in [2.45, 2.75) is 18.6 Å². The number of benzene rings is 1. The molecule has 0 saturated carbocycles. The van der Waals surface area contributed by atoms with Crippen LogP contribution in [0, 0.1) is 0 Å². The maximum atomic E-state index is 12.8. The van der Waals surface area contributed by atoms with E-state index in [1.165, 1.54) is 23.5 Å². The number of hydrogen-bond acceptors (Lipinski definition) is 6. The molecule has 1 aliphatic rings. The Kier molecular flexibility index (Phi) is 6.93. The molecule has 0 spiro atoms. The lowest BCUT2D eigenvalue weighted by molar-refractivity contribution is 0.0622. The summed E-state index contributed by atoms with van der Waals surface area (Å²) in [5.74, 6) is 0.765. The molecule has 1 saturated heterocycles. The fraction of sp³-hybridized carbons (Fsp3) is 0.421. The van der Waals surface area contributed by atoms with Crippen LogP contribution < -0.4 is 4.74 Å². The highest BCUT2D eigenvalue weighted by molar-refractivity contribution is 7.98. The molecule has 8 heteroatoms. The van der Waals surface area contributed by atoms with E-state index in [0.29, 0.717) is 29.9 Å². The zero-order chi connectivity index (χ0) is 19.2. The SMILES string of the molecule is CCOc1ccc(CN2CCN(C(=O)c3nc(SC)ncc3Cl)CC2)cc1. The maximum absolute atomic E-state index is 12.8. The van der Waals surface area contributed by atoms with E-state index in [2.05, 4.69) is 27.0 Å². The number of thioether (sulfide) groups is 1. The predicted octanol–water partition coefficient (Wildman–Crippen LogP) is 3.21.